The number of nitro benzene ring substituents is 1. The van der Waals surface area contributed by atoms with Crippen molar-refractivity contribution in [2.24, 2.45) is 0 Å². The lowest BCUT2D eigenvalue weighted by atomic mass is 10.0. The Hall–Kier alpha value is -2.11. The molecule has 0 aliphatic heterocycles. The second kappa shape index (κ2) is 4.61. The second-order valence-corrected chi connectivity index (χ2v) is 3.29. The van der Waals surface area contributed by atoms with Gasteiger partial charge >= 0.3 is 5.97 Å². The molecule has 2 N–H and O–H groups in total. The lowest BCUT2D eigenvalue weighted by molar-refractivity contribution is -0.383. The zero-order valence-electron chi connectivity index (χ0n) is 9.02. The topological polar surface area (TPSA) is 95.5 Å². The number of nitrogens with two attached hydrogens (primary N) is 1. The van der Waals surface area contributed by atoms with Gasteiger partial charge in [-0.2, -0.15) is 0 Å². The van der Waals surface area contributed by atoms with Crippen LogP contribution in [-0.4, -0.2) is 18.0 Å². The molecule has 0 aliphatic carbocycles. The number of nitro groups is 1. The summed E-state index contributed by atoms with van der Waals surface area (Å²) in [7, 11) is 1.28. The average Bonchev–Trinajstić information content (AvgIpc) is 2.24. The molecule has 0 aliphatic rings. The van der Waals surface area contributed by atoms with Gasteiger partial charge in [0, 0.05) is 6.07 Å². The van der Waals surface area contributed by atoms with E-state index in [9.17, 15) is 14.9 Å². The molecule has 6 heteroatoms. The summed E-state index contributed by atoms with van der Waals surface area (Å²) in [5, 5.41) is 10.6. The van der Waals surface area contributed by atoms with E-state index < -0.39 is 10.9 Å². The van der Waals surface area contributed by atoms with Crippen molar-refractivity contribution in [2.45, 2.75) is 13.3 Å². The number of hydrogen-bond donors (Lipinski definition) is 1. The van der Waals surface area contributed by atoms with Gasteiger partial charge in [0.2, 0.25) is 0 Å². The molecule has 0 spiro atoms. The Morgan fingerprint density at radius 1 is 1.56 bits per heavy atom. The number of esters is 1. The summed E-state index contributed by atoms with van der Waals surface area (Å²) < 4.78 is 4.51. The number of nitrogen functional groups attached to an aromatic ring is 1. The van der Waals surface area contributed by atoms with Gasteiger partial charge in [-0.15, -0.1) is 0 Å². The minimum atomic E-state index is -0.551. The summed E-state index contributed by atoms with van der Waals surface area (Å²) in [5.41, 5.74) is 6.73. The molecule has 16 heavy (non-hydrogen) atoms. The Labute approximate surface area is 92.2 Å². The monoisotopic (exact) mass is 224 g/mol. The van der Waals surface area contributed by atoms with E-state index in [1.54, 1.807) is 6.92 Å². The van der Waals surface area contributed by atoms with Crippen molar-refractivity contribution in [3.8, 4) is 0 Å². The number of ether oxygens (including phenoxy) is 1. The predicted molar refractivity (Wildman–Crippen MR) is 58.0 cm³/mol. The summed E-state index contributed by atoms with van der Waals surface area (Å²) >= 11 is 0. The predicted octanol–water partition coefficient (Wildman–Crippen LogP) is 1.20. The summed E-state index contributed by atoms with van der Waals surface area (Å²) in [5.74, 6) is -0.406. The summed E-state index contributed by atoms with van der Waals surface area (Å²) in [4.78, 5) is 21.1. The quantitative estimate of drug-likeness (QED) is 0.360. The van der Waals surface area contributed by atoms with Crippen molar-refractivity contribution < 1.29 is 14.5 Å². The molecule has 0 heterocycles. The molecule has 1 aromatic carbocycles. The molecule has 6 nitrogen and oxygen atoms in total. The van der Waals surface area contributed by atoms with Gasteiger partial charge in [0.1, 0.15) is 5.69 Å². The normalized spacial score (nSPS) is 9.88. The van der Waals surface area contributed by atoms with E-state index in [2.05, 4.69) is 4.74 Å². The van der Waals surface area contributed by atoms with Crippen molar-refractivity contribution in [3.05, 3.63) is 33.4 Å². The summed E-state index contributed by atoms with van der Waals surface area (Å²) in [6, 6.07) is 2.81. The Balaban J connectivity index is 3.12. The van der Waals surface area contributed by atoms with Crippen molar-refractivity contribution in [3.63, 3.8) is 0 Å². The molecule has 0 unspecified atom stereocenters. The van der Waals surface area contributed by atoms with Crippen LogP contribution in [-0.2, 0) is 16.0 Å². The lowest BCUT2D eigenvalue weighted by Crippen LogP contribution is -2.08. The third-order valence-corrected chi connectivity index (χ3v) is 2.36. The van der Waals surface area contributed by atoms with Crippen LogP contribution < -0.4 is 5.73 Å². The first-order chi connectivity index (χ1) is 7.47. The minimum absolute atomic E-state index is 0.0600. The number of benzene rings is 1. The van der Waals surface area contributed by atoms with Crippen LogP contribution in [0.5, 0.6) is 0 Å². The van der Waals surface area contributed by atoms with Gasteiger partial charge in [-0.3, -0.25) is 14.9 Å². The van der Waals surface area contributed by atoms with E-state index in [-0.39, 0.29) is 17.8 Å². The first-order valence-electron chi connectivity index (χ1n) is 4.56. The van der Waals surface area contributed by atoms with Crippen LogP contribution in [0.15, 0.2) is 12.1 Å². The number of rotatable bonds is 3. The van der Waals surface area contributed by atoms with Crippen molar-refractivity contribution in [2.75, 3.05) is 12.8 Å². The zero-order valence-corrected chi connectivity index (χ0v) is 9.02. The van der Waals surface area contributed by atoms with Crippen molar-refractivity contribution in [1.29, 1.82) is 0 Å². The number of anilines is 1. The number of nitrogens with zero attached hydrogens (tertiary/aromatic N) is 1. The van der Waals surface area contributed by atoms with E-state index >= 15 is 0 Å². The zero-order chi connectivity index (χ0) is 12.3. The van der Waals surface area contributed by atoms with Crippen LogP contribution in [0.2, 0.25) is 0 Å². The highest BCUT2D eigenvalue weighted by Gasteiger charge is 2.16. The second-order valence-electron chi connectivity index (χ2n) is 3.29. The van der Waals surface area contributed by atoms with Gasteiger partial charge in [0.05, 0.1) is 18.5 Å². The Kier molecular flexibility index (Phi) is 3.44. The van der Waals surface area contributed by atoms with Crippen LogP contribution in [0.1, 0.15) is 11.1 Å². The van der Waals surface area contributed by atoms with Crippen LogP contribution in [0, 0.1) is 17.0 Å². The van der Waals surface area contributed by atoms with Gasteiger partial charge < -0.3 is 10.5 Å². The van der Waals surface area contributed by atoms with Gasteiger partial charge in [-0.25, -0.2) is 0 Å². The molecule has 0 saturated carbocycles. The van der Waals surface area contributed by atoms with Crippen molar-refractivity contribution in [1.82, 2.24) is 0 Å². The van der Waals surface area contributed by atoms with Crippen LogP contribution in [0.4, 0.5) is 11.4 Å². The van der Waals surface area contributed by atoms with Gasteiger partial charge in [-0.05, 0) is 18.1 Å². The van der Waals surface area contributed by atoms with Crippen molar-refractivity contribution >= 4 is 17.3 Å². The van der Waals surface area contributed by atoms with E-state index in [1.165, 1.54) is 19.2 Å². The summed E-state index contributed by atoms with van der Waals surface area (Å²) in [6.45, 7) is 1.64. The molecule has 0 aromatic heterocycles. The smallest absolute Gasteiger partial charge is 0.309 e. The maximum atomic E-state index is 11.1. The number of methoxy groups -OCH3 is 1. The molecule has 86 valence electrons. The number of carbonyl (C=O) groups excluding carboxylic acids is 1. The molecule has 0 atom stereocenters. The van der Waals surface area contributed by atoms with Crippen LogP contribution in [0.3, 0.4) is 0 Å². The maximum absolute atomic E-state index is 11.1. The lowest BCUT2D eigenvalue weighted by Gasteiger charge is -2.07. The van der Waals surface area contributed by atoms with E-state index in [4.69, 9.17) is 5.73 Å². The van der Waals surface area contributed by atoms with E-state index in [1.807, 2.05) is 0 Å². The number of carbonyl (C=O) groups is 1. The Morgan fingerprint density at radius 3 is 2.69 bits per heavy atom. The fourth-order valence-corrected chi connectivity index (χ4v) is 1.34. The van der Waals surface area contributed by atoms with Crippen LogP contribution >= 0.6 is 0 Å². The molecular weight excluding hydrogens is 212 g/mol. The third kappa shape index (κ3) is 2.28. The highest BCUT2D eigenvalue weighted by Crippen LogP contribution is 2.27. The van der Waals surface area contributed by atoms with Gasteiger partial charge in [0.25, 0.3) is 5.69 Å². The largest absolute Gasteiger partial charge is 0.469 e. The van der Waals surface area contributed by atoms with Gasteiger partial charge in [0.15, 0.2) is 0 Å². The fourth-order valence-electron chi connectivity index (χ4n) is 1.34. The highest BCUT2D eigenvalue weighted by molar-refractivity contribution is 5.75. The Bertz CT molecular complexity index is 443. The van der Waals surface area contributed by atoms with E-state index in [0.29, 0.717) is 11.1 Å². The molecule has 0 fully saturated rings. The highest BCUT2D eigenvalue weighted by atomic mass is 16.6. The van der Waals surface area contributed by atoms with Gasteiger partial charge in [-0.1, -0.05) is 6.07 Å². The standard InChI is InChI=1S/C10H12N2O4/c1-6-7(5-9(13)16-2)3-4-8(10(6)11)12(14)15/h3-4H,5,11H2,1-2H3. The minimum Gasteiger partial charge on any atom is -0.469 e. The molecule has 0 amide bonds. The maximum Gasteiger partial charge on any atom is 0.309 e. The van der Waals surface area contributed by atoms with Crippen LogP contribution in [0.25, 0.3) is 0 Å². The molecule has 1 rings (SSSR count). The summed E-state index contributed by atoms with van der Waals surface area (Å²) in [6.07, 6.45) is 0.0600. The average molecular weight is 224 g/mol. The first kappa shape index (κ1) is 12.0. The molecule has 1 aromatic rings. The third-order valence-electron chi connectivity index (χ3n) is 2.36. The SMILES string of the molecule is COC(=O)Cc1ccc([N+](=O)[O-])c(N)c1C. The molecular formula is C10H12N2O4. The molecule has 0 radical (unpaired) electrons. The van der Waals surface area contributed by atoms with E-state index in [0.717, 1.165) is 0 Å². The Morgan fingerprint density at radius 2 is 2.19 bits per heavy atom. The first-order valence-corrected chi connectivity index (χ1v) is 4.56. The molecule has 0 bridgehead atoms. The fraction of sp³-hybridized carbons (Fsp3) is 0.300. The number of hydrogen-bond acceptors (Lipinski definition) is 5. The molecule has 0 saturated heterocycles.